The second-order valence-corrected chi connectivity index (χ2v) is 19.3. The highest BCUT2D eigenvalue weighted by atomic mass is 19.1. The van der Waals surface area contributed by atoms with Crippen LogP contribution in [-0.2, 0) is 36.6 Å². The van der Waals surface area contributed by atoms with Crippen LogP contribution in [-0.4, -0.2) is 73.0 Å². The van der Waals surface area contributed by atoms with E-state index in [4.69, 9.17) is 14.4 Å². The predicted octanol–water partition coefficient (Wildman–Crippen LogP) is 7.31. The molecule has 15 nitrogen and oxygen atoms in total. The summed E-state index contributed by atoms with van der Waals surface area (Å²) in [6.07, 6.45) is 9.26. The van der Waals surface area contributed by atoms with Crippen molar-refractivity contribution in [2.45, 2.75) is 95.7 Å². The first-order chi connectivity index (χ1) is 31.7. The summed E-state index contributed by atoms with van der Waals surface area (Å²) in [5.74, 6) is -0.773. The van der Waals surface area contributed by atoms with Crippen LogP contribution < -0.4 is 11.4 Å². The van der Waals surface area contributed by atoms with Crippen molar-refractivity contribution in [2.24, 2.45) is 13.0 Å². The molecule has 1 saturated carbocycles. The number of amides is 1. The van der Waals surface area contributed by atoms with Gasteiger partial charge in [-0.2, -0.15) is 10.2 Å². The van der Waals surface area contributed by atoms with Crippen LogP contribution in [0.4, 0.5) is 8.78 Å². The Bertz CT molecular complexity index is 3460. The average Bonchev–Trinajstić information content (AvgIpc) is 4.05. The highest BCUT2D eigenvalue weighted by Crippen LogP contribution is 2.56. The lowest BCUT2D eigenvalue weighted by molar-refractivity contribution is -0.0592. The lowest BCUT2D eigenvalue weighted by Crippen LogP contribution is -2.41. The van der Waals surface area contributed by atoms with Crippen molar-refractivity contribution in [1.29, 1.82) is 0 Å². The number of hydrogen-bond donors (Lipinski definition) is 1. The molecule has 2 fully saturated rings. The summed E-state index contributed by atoms with van der Waals surface area (Å²) >= 11 is 0. The van der Waals surface area contributed by atoms with Crippen molar-refractivity contribution in [2.75, 3.05) is 13.2 Å². The van der Waals surface area contributed by atoms with Crippen molar-refractivity contribution in [3.05, 3.63) is 139 Å². The van der Waals surface area contributed by atoms with Crippen molar-refractivity contribution in [1.82, 2.24) is 48.3 Å². The summed E-state index contributed by atoms with van der Waals surface area (Å²) in [5.41, 5.74) is 4.83. The molecule has 0 spiro atoms. The van der Waals surface area contributed by atoms with E-state index in [0.29, 0.717) is 84.2 Å². The van der Waals surface area contributed by atoms with Gasteiger partial charge >= 0.3 is 11.4 Å². The van der Waals surface area contributed by atoms with E-state index in [9.17, 15) is 9.59 Å². The van der Waals surface area contributed by atoms with Gasteiger partial charge in [-0.3, -0.25) is 28.1 Å². The molecule has 1 amide bonds. The first-order valence-corrected chi connectivity index (χ1v) is 22.7. The first kappa shape index (κ1) is 40.6. The van der Waals surface area contributed by atoms with Crippen molar-refractivity contribution < 1.29 is 22.8 Å². The van der Waals surface area contributed by atoms with E-state index in [-0.39, 0.29) is 40.2 Å². The van der Waals surface area contributed by atoms with Crippen LogP contribution in [0.5, 0.6) is 0 Å². The average molecular weight is 895 g/mol. The molecule has 1 N–H and O–H groups in total. The van der Waals surface area contributed by atoms with E-state index in [2.05, 4.69) is 54.2 Å². The number of benzene rings is 3. The smallest absolute Gasteiger partial charge is 0.376 e. The number of H-pyrrole nitrogens is 1. The van der Waals surface area contributed by atoms with Gasteiger partial charge in [0.1, 0.15) is 22.9 Å². The molecule has 5 aromatic heterocycles. The highest BCUT2D eigenvalue weighted by molar-refractivity contribution is 6.00. The lowest BCUT2D eigenvalue weighted by Gasteiger charge is -2.35. The summed E-state index contributed by atoms with van der Waals surface area (Å²) in [6, 6.07) is 14.1. The van der Waals surface area contributed by atoms with E-state index in [1.54, 1.807) is 40.8 Å². The number of fused-ring (bicyclic) bond motifs is 4. The number of aromatic amines is 1. The van der Waals surface area contributed by atoms with Crippen LogP contribution in [0.25, 0.3) is 39.0 Å². The molecule has 1 saturated heterocycles. The number of hydrogen-bond acceptors (Lipinski definition) is 8. The predicted molar refractivity (Wildman–Crippen MR) is 240 cm³/mol. The van der Waals surface area contributed by atoms with Crippen LogP contribution in [0.2, 0.25) is 0 Å². The zero-order valence-electron chi connectivity index (χ0n) is 37.3. The second kappa shape index (κ2) is 14.3. The Morgan fingerprint density at radius 2 is 1.70 bits per heavy atom. The molecule has 17 heteroatoms. The van der Waals surface area contributed by atoms with Crippen LogP contribution in [0.3, 0.4) is 0 Å². The summed E-state index contributed by atoms with van der Waals surface area (Å²) in [4.78, 5) is 47.5. The molecule has 66 heavy (non-hydrogen) atoms. The third-order valence-electron chi connectivity index (χ3n) is 15.0. The van der Waals surface area contributed by atoms with Crippen molar-refractivity contribution >= 4 is 27.7 Å². The summed E-state index contributed by atoms with van der Waals surface area (Å²) < 4.78 is 50.6. The number of nitrogens with one attached hydrogen (secondary N) is 1. The largest absolute Gasteiger partial charge is 0.438 e. The fraction of sp³-hybridized carbons (Fsp3) is 0.388. The van der Waals surface area contributed by atoms with Gasteiger partial charge in [0.15, 0.2) is 11.6 Å². The minimum atomic E-state index is -0.853. The molecule has 7 heterocycles. The molecular weight excluding hydrogens is 847 g/mol. The number of halogens is 2. The molecule has 0 bridgehead atoms. The molecule has 0 radical (unpaired) electrons. The van der Waals surface area contributed by atoms with Crippen LogP contribution >= 0.6 is 0 Å². The molecule has 2 aliphatic heterocycles. The van der Waals surface area contributed by atoms with Crippen molar-refractivity contribution in [3.63, 3.8) is 0 Å². The Kier molecular flexibility index (Phi) is 8.81. The number of carbonyl (C=O) groups excluding carboxylic acids is 1. The molecule has 12 rings (SSSR count). The van der Waals surface area contributed by atoms with Crippen molar-refractivity contribution in [3.8, 4) is 17.2 Å². The van der Waals surface area contributed by atoms with Gasteiger partial charge in [0, 0.05) is 55.5 Å². The van der Waals surface area contributed by atoms with Crippen LogP contribution in [0.1, 0.15) is 110 Å². The zero-order valence-corrected chi connectivity index (χ0v) is 37.3. The van der Waals surface area contributed by atoms with E-state index in [0.717, 1.165) is 35.7 Å². The lowest BCUT2D eigenvalue weighted by atomic mass is 9.83. The molecular formula is C49H48F2N10O5. The normalized spacial score (nSPS) is 22.3. The van der Waals surface area contributed by atoms with E-state index < -0.39 is 28.8 Å². The van der Waals surface area contributed by atoms with Crippen LogP contribution in [0, 0.1) is 17.6 Å². The summed E-state index contributed by atoms with van der Waals surface area (Å²) in [6.45, 7) is 9.20. The maximum Gasteiger partial charge on any atom is 0.438 e. The molecule has 2 aliphatic carbocycles. The van der Waals surface area contributed by atoms with E-state index >= 15 is 13.6 Å². The number of carbonyl (C=O) groups is 1. The van der Waals surface area contributed by atoms with Gasteiger partial charge < -0.3 is 14.2 Å². The number of nitrogens with zero attached hydrogens (tertiary/aromatic N) is 9. The van der Waals surface area contributed by atoms with Gasteiger partial charge in [-0.25, -0.2) is 23.1 Å². The number of rotatable bonds is 7. The number of aryl methyl sites for hydroxylation is 1. The first-order valence-electron chi connectivity index (χ1n) is 22.7. The maximum atomic E-state index is 16.2. The third kappa shape index (κ3) is 5.87. The monoisotopic (exact) mass is 894 g/mol. The Morgan fingerprint density at radius 1 is 0.924 bits per heavy atom. The number of aromatic nitrogens is 9. The Balaban J connectivity index is 1.01. The molecule has 4 aliphatic rings. The molecule has 3 aromatic carbocycles. The fourth-order valence-electron chi connectivity index (χ4n) is 11.6. The van der Waals surface area contributed by atoms with Gasteiger partial charge in [-0.05, 0) is 130 Å². The number of imidazole rings is 1. The fourth-order valence-corrected chi connectivity index (χ4v) is 11.6. The van der Waals surface area contributed by atoms with Crippen LogP contribution in [0.15, 0.2) is 81.2 Å². The van der Waals surface area contributed by atoms with Gasteiger partial charge in [0.05, 0.1) is 45.8 Å². The Hall–Kier alpha value is -6.88. The maximum absolute atomic E-state index is 16.2. The van der Waals surface area contributed by atoms with Gasteiger partial charge in [-0.15, -0.1) is 0 Å². The second-order valence-electron chi connectivity index (χ2n) is 19.3. The zero-order chi connectivity index (χ0) is 45.6. The van der Waals surface area contributed by atoms with Gasteiger partial charge in [0.25, 0.3) is 5.91 Å². The van der Waals surface area contributed by atoms with E-state index in [1.165, 1.54) is 33.2 Å². The quantitative estimate of drug-likeness (QED) is 0.175. The minimum absolute atomic E-state index is 0.00337. The number of ether oxygens (including phenoxy) is 1. The molecule has 338 valence electrons. The van der Waals surface area contributed by atoms with Gasteiger partial charge in [0.2, 0.25) is 0 Å². The summed E-state index contributed by atoms with van der Waals surface area (Å²) in [5, 5.41) is 14.7. The van der Waals surface area contributed by atoms with E-state index in [1.807, 2.05) is 22.5 Å². The topological polar surface area (TPSA) is 156 Å². The van der Waals surface area contributed by atoms with Gasteiger partial charge in [-0.1, -0.05) is 18.1 Å². The highest BCUT2D eigenvalue weighted by Gasteiger charge is 2.59. The standard InChI is InChI=1S/C49H48F2N10O5/c1-26-23-49(26,45-53-46(63)66-55-45)60-36-11-9-28(29-16-20-65-48(3,4)24-29)21-30(36)22-40(60)44(62)57-17-15-35-41(27(57)2)43(61(54-35)38-12-10-34(50)31-7-6-8-32(31)38)59-19-18-58(47(59)64)39-14-13-37-33(42(39)51)25-52-56(37)5/h9-14,18-19,21-22,25-27,29H,6-8,15-17,20,23-24H2,1-5H3,(H,53,55,63)/t26-,27-,29-,49-/m0/s1. The molecule has 0 unspecified atom stereocenters. The Morgan fingerprint density at radius 3 is 2.47 bits per heavy atom. The minimum Gasteiger partial charge on any atom is -0.376 e. The Labute approximate surface area is 376 Å². The SMILES string of the molecule is C[C@H]1c2c(nn(-c3ccc(F)c4c3CCC4)c2-n2ccn(-c3ccc4c(cnn4C)c3F)c2=O)CCN1C(=O)c1cc2cc([C@H]3CCOC(C)(C)C3)ccc2n1[C@@]1(c2noc(=O)[nH]2)C[C@@H]1C. The third-order valence-corrected chi connectivity index (χ3v) is 15.0. The molecule has 4 atom stereocenters. The molecule has 8 aromatic rings. The summed E-state index contributed by atoms with van der Waals surface area (Å²) in [7, 11) is 1.73.